The van der Waals surface area contributed by atoms with E-state index in [0.29, 0.717) is 5.56 Å². The van der Waals surface area contributed by atoms with Crippen molar-refractivity contribution in [3.63, 3.8) is 0 Å². The molecule has 1 aliphatic rings. The first kappa shape index (κ1) is 12.4. The van der Waals surface area contributed by atoms with Gasteiger partial charge in [0.15, 0.2) is 5.17 Å². The summed E-state index contributed by atoms with van der Waals surface area (Å²) < 4.78 is 26.0. The van der Waals surface area contributed by atoms with Crippen LogP contribution in [0.1, 0.15) is 19.4 Å². The molecule has 5 heteroatoms. The van der Waals surface area contributed by atoms with Crippen LogP contribution >= 0.6 is 11.8 Å². The molecule has 2 rings (SSSR count). The number of amidine groups is 1. The fourth-order valence-electron chi connectivity index (χ4n) is 1.50. The summed E-state index contributed by atoms with van der Waals surface area (Å²) in [6.45, 7) is 4.40. The van der Waals surface area contributed by atoms with Gasteiger partial charge in [0.25, 0.3) is 0 Å². The highest BCUT2D eigenvalue weighted by Crippen LogP contribution is 2.22. The largest absolute Gasteiger partial charge is 0.359 e. The van der Waals surface area contributed by atoms with E-state index in [1.54, 1.807) is 11.8 Å². The fourth-order valence-corrected chi connectivity index (χ4v) is 2.58. The molecule has 17 heavy (non-hydrogen) atoms. The highest BCUT2D eigenvalue weighted by Gasteiger charge is 2.27. The van der Waals surface area contributed by atoms with Gasteiger partial charge in [0.1, 0.15) is 11.6 Å². The Hall–Kier alpha value is -1.10. The van der Waals surface area contributed by atoms with Gasteiger partial charge in [0.2, 0.25) is 0 Å². The smallest absolute Gasteiger partial charge is 0.157 e. The van der Waals surface area contributed by atoms with Crippen molar-refractivity contribution in [3.8, 4) is 0 Å². The summed E-state index contributed by atoms with van der Waals surface area (Å²) in [6, 6.07) is 3.56. The minimum Gasteiger partial charge on any atom is -0.359 e. The van der Waals surface area contributed by atoms with Crippen molar-refractivity contribution in [2.75, 3.05) is 5.75 Å². The summed E-state index contributed by atoms with van der Waals surface area (Å²) in [5.41, 5.74) is 0.441. The Balaban J connectivity index is 2.05. The maximum Gasteiger partial charge on any atom is 0.157 e. The van der Waals surface area contributed by atoms with Crippen LogP contribution in [0.2, 0.25) is 0 Å². The van der Waals surface area contributed by atoms with Crippen LogP contribution in [0.25, 0.3) is 0 Å². The number of halogens is 2. The van der Waals surface area contributed by atoms with Gasteiger partial charge in [-0.2, -0.15) is 0 Å². The molecule has 1 fully saturated rings. The first-order valence-electron chi connectivity index (χ1n) is 5.36. The van der Waals surface area contributed by atoms with Gasteiger partial charge in [-0.05, 0) is 19.9 Å². The van der Waals surface area contributed by atoms with E-state index in [2.05, 4.69) is 24.2 Å². The highest BCUT2D eigenvalue weighted by atomic mass is 32.2. The van der Waals surface area contributed by atoms with Gasteiger partial charge in [-0.3, -0.25) is 4.99 Å². The van der Waals surface area contributed by atoms with Crippen molar-refractivity contribution in [3.05, 3.63) is 35.4 Å². The summed E-state index contributed by atoms with van der Waals surface area (Å²) in [6.07, 6.45) is 0. The quantitative estimate of drug-likeness (QED) is 0.879. The number of benzene rings is 1. The maximum absolute atomic E-state index is 13.3. The molecule has 92 valence electrons. The van der Waals surface area contributed by atoms with Gasteiger partial charge in [-0.25, -0.2) is 8.78 Å². The Morgan fingerprint density at radius 2 is 2.18 bits per heavy atom. The second-order valence-corrected chi connectivity index (χ2v) is 5.62. The number of aliphatic imine (C=N–C) groups is 1. The lowest BCUT2D eigenvalue weighted by atomic mass is 10.1. The lowest BCUT2D eigenvalue weighted by Crippen LogP contribution is -2.36. The average molecular weight is 256 g/mol. The van der Waals surface area contributed by atoms with Gasteiger partial charge in [0.05, 0.1) is 6.54 Å². The van der Waals surface area contributed by atoms with Crippen LogP contribution in [-0.4, -0.2) is 16.5 Å². The minimum absolute atomic E-state index is 0.0326. The van der Waals surface area contributed by atoms with E-state index in [9.17, 15) is 8.78 Å². The molecule has 1 aliphatic heterocycles. The van der Waals surface area contributed by atoms with Crippen LogP contribution in [0.15, 0.2) is 23.2 Å². The third-order valence-corrected chi connectivity index (χ3v) is 3.79. The second kappa shape index (κ2) is 4.64. The number of thioether (sulfide) groups is 1. The van der Waals surface area contributed by atoms with Crippen molar-refractivity contribution in [1.82, 2.24) is 5.32 Å². The Morgan fingerprint density at radius 1 is 1.41 bits per heavy atom. The molecule has 0 amide bonds. The Bertz CT molecular complexity index is 458. The van der Waals surface area contributed by atoms with Gasteiger partial charge < -0.3 is 5.32 Å². The van der Waals surface area contributed by atoms with E-state index in [1.807, 2.05) is 0 Å². The van der Waals surface area contributed by atoms with Crippen molar-refractivity contribution in [2.24, 2.45) is 4.99 Å². The molecule has 1 aromatic rings. The summed E-state index contributed by atoms with van der Waals surface area (Å²) >= 11 is 1.62. The topological polar surface area (TPSA) is 24.4 Å². The molecule has 0 atom stereocenters. The molecule has 0 spiro atoms. The van der Waals surface area contributed by atoms with Crippen molar-refractivity contribution >= 4 is 16.9 Å². The Kier molecular flexibility index (Phi) is 3.38. The van der Waals surface area contributed by atoms with Crippen molar-refractivity contribution in [2.45, 2.75) is 25.9 Å². The van der Waals surface area contributed by atoms with Crippen molar-refractivity contribution < 1.29 is 8.78 Å². The number of nitrogens with zero attached hydrogens (tertiary/aromatic N) is 1. The lowest BCUT2D eigenvalue weighted by Gasteiger charge is -2.15. The molecule has 0 aromatic heterocycles. The fraction of sp³-hybridized carbons (Fsp3) is 0.417. The molecule has 1 aromatic carbocycles. The van der Waals surface area contributed by atoms with E-state index in [0.717, 1.165) is 17.0 Å². The maximum atomic E-state index is 13.3. The average Bonchev–Trinajstić information content (AvgIpc) is 2.57. The van der Waals surface area contributed by atoms with Crippen LogP contribution in [0.4, 0.5) is 8.78 Å². The second-order valence-electron chi connectivity index (χ2n) is 4.65. The van der Waals surface area contributed by atoms with Crippen LogP contribution in [0.3, 0.4) is 0 Å². The van der Waals surface area contributed by atoms with E-state index in [1.165, 1.54) is 12.1 Å². The standard InChI is InChI=1S/C12H14F2N2S/c1-12(2)7-17-11(16-12)15-6-8-3-4-9(13)5-10(8)14/h3-5H,6-7H2,1-2H3,(H,15,16). The SMILES string of the molecule is CC1(C)CSC(=NCc2ccc(F)cc2F)N1. The zero-order chi connectivity index (χ0) is 12.5. The molecule has 0 bridgehead atoms. The first-order chi connectivity index (χ1) is 7.96. The molecule has 1 saturated heterocycles. The van der Waals surface area contributed by atoms with Crippen LogP contribution in [0, 0.1) is 11.6 Å². The molecule has 1 N–H and O–H groups in total. The van der Waals surface area contributed by atoms with Gasteiger partial charge in [-0.15, -0.1) is 0 Å². The van der Waals surface area contributed by atoms with Crippen LogP contribution in [0.5, 0.6) is 0 Å². The number of rotatable bonds is 2. The van der Waals surface area contributed by atoms with Crippen LogP contribution in [-0.2, 0) is 6.54 Å². The zero-order valence-electron chi connectivity index (χ0n) is 9.76. The number of hydrogen-bond acceptors (Lipinski definition) is 2. The molecule has 0 unspecified atom stereocenters. The highest BCUT2D eigenvalue weighted by molar-refractivity contribution is 8.14. The predicted octanol–water partition coefficient (Wildman–Crippen LogP) is 2.94. The molecule has 0 radical (unpaired) electrons. The van der Waals surface area contributed by atoms with Crippen LogP contribution < -0.4 is 5.32 Å². The molecule has 1 heterocycles. The van der Waals surface area contributed by atoms with Gasteiger partial charge >= 0.3 is 0 Å². The summed E-state index contributed by atoms with van der Waals surface area (Å²) in [7, 11) is 0. The third-order valence-electron chi connectivity index (χ3n) is 2.42. The summed E-state index contributed by atoms with van der Waals surface area (Å²) in [5.74, 6) is -0.164. The van der Waals surface area contributed by atoms with Gasteiger partial charge in [-0.1, -0.05) is 17.8 Å². The van der Waals surface area contributed by atoms with E-state index in [-0.39, 0.29) is 12.1 Å². The van der Waals surface area contributed by atoms with E-state index < -0.39 is 11.6 Å². The summed E-state index contributed by atoms with van der Waals surface area (Å²) in [5, 5.41) is 4.07. The Labute approximate surface area is 104 Å². The molecular formula is C12H14F2N2S. The van der Waals surface area contributed by atoms with E-state index in [4.69, 9.17) is 0 Å². The van der Waals surface area contributed by atoms with Gasteiger partial charge in [0, 0.05) is 22.9 Å². The normalized spacial score (nSPS) is 20.6. The minimum atomic E-state index is -0.562. The Morgan fingerprint density at radius 3 is 2.76 bits per heavy atom. The molecule has 0 saturated carbocycles. The summed E-state index contributed by atoms with van der Waals surface area (Å²) in [4.78, 5) is 4.29. The number of nitrogens with one attached hydrogen (secondary N) is 1. The van der Waals surface area contributed by atoms with Crippen molar-refractivity contribution in [1.29, 1.82) is 0 Å². The number of hydrogen-bond donors (Lipinski definition) is 1. The monoisotopic (exact) mass is 256 g/mol. The predicted molar refractivity (Wildman–Crippen MR) is 67.2 cm³/mol. The molecule has 0 aliphatic carbocycles. The molecule has 2 nitrogen and oxygen atoms in total. The first-order valence-corrected chi connectivity index (χ1v) is 6.34. The lowest BCUT2D eigenvalue weighted by molar-refractivity contribution is 0.536. The third kappa shape index (κ3) is 3.19. The zero-order valence-corrected chi connectivity index (χ0v) is 10.6. The molecular weight excluding hydrogens is 242 g/mol. The van der Waals surface area contributed by atoms with E-state index >= 15 is 0 Å².